The fraction of sp³-hybridized carbons (Fsp3) is 0.517. The Morgan fingerprint density at radius 1 is 0.947 bits per heavy atom. The van der Waals surface area contributed by atoms with Crippen molar-refractivity contribution in [2.45, 2.75) is 85.9 Å². The first-order valence-corrected chi connectivity index (χ1v) is 12.8. The molecule has 9 nitrogen and oxygen atoms in total. The largest absolute Gasteiger partial charge is 0.465 e. The molecule has 0 amide bonds. The summed E-state index contributed by atoms with van der Waals surface area (Å²) in [4.78, 5) is 39.0. The molecule has 0 unspecified atom stereocenters. The summed E-state index contributed by atoms with van der Waals surface area (Å²) in [5.41, 5.74) is 2.12. The maximum Gasteiger partial charge on any atom is 0.435 e. The monoisotopic (exact) mass is 523 g/mol. The maximum absolute atomic E-state index is 13.5. The highest BCUT2D eigenvalue weighted by atomic mass is 16.6. The average molecular weight is 524 g/mol. The lowest BCUT2D eigenvalue weighted by Gasteiger charge is -2.30. The summed E-state index contributed by atoms with van der Waals surface area (Å²) < 4.78 is 19.1. The predicted octanol–water partition coefficient (Wildman–Crippen LogP) is 6.37. The highest BCUT2D eigenvalue weighted by molar-refractivity contribution is 6.00. The summed E-state index contributed by atoms with van der Waals surface area (Å²) in [7, 11) is 1.32. The quantitative estimate of drug-likeness (QED) is 0.284. The first kappa shape index (κ1) is 27.4. The van der Waals surface area contributed by atoms with E-state index in [0.29, 0.717) is 40.7 Å². The van der Waals surface area contributed by atoms with Crippen molar-refractivity contribution in [3.05, 3.63) is 41.1 Å². The zero-order valence-electron chi connectivity index (χ0n) is 23.7. The number of carbonyl (C=O) groups is 3. The van der Waals surface area contributed by atoms with Crippen LogP contribution in [0.15, 0.2) is 24.3 Å². The predicted molar refractivity (Wildman–Crippen MR) is 144 cm³/mol. The Hall–Kier alpha value is -3.62. The lowest BCUT2D eigenvalue weighted by atomic mass is 9.76. The van der Waals surface area contributed by atoms with Gasteiger partial charge in [-0.05, 0) is 90.5 Å². The van der Waals surface area contributed by atoms with Crippen molar-refractivity contribution in [3.63, 3.8) is 0 Å². The van der Waals surface area contributed by atoms with E-state index in [9.17, 15) is 14.4 Å². The van der Waals surface area contributed by atoms with Gasteiger partial charge in [-0.15, -0.1) is 0 Å². The van der Waals surface area contributed by atoms with Gasteiger partial charge < -0.3 is 14.2 Å². The average Bonchev–Trinajstić information content (AvgIpc) is 3.32. The van der Waals surface area contributed by atoms with Crippen LogP contribution in [0.25, 0.3) is 22.3 Å². The highest BCUT2D eigenvalue weighted by Gasteiger charge is 2.36. The van der Waals surface area contributed by atoms with Crippen LogP contribution in [0.2, 0.25) is 0 Å². The van der Waals surface area contributed by atoms with Gasteiger partial charge in [0.1, 0.15) is 16.9 Å². The van der Waals surface area contributed by atoms with E-state index in [2.05, 4.69) is 13.8 Å². The van der Waals surface area contributed by atoms with E-state index in [1.165, 1.54) is 16.4 Å². The molecule has 0 saturated carbocycles. The molecule has 0 saturated heterocycles. The minimum atomic E-state index is -0.740. The van der Waals surface area contributed by atoms with E-state index >= 15 is 0 Å². The minimum Gasteiger partial charge on any atom is -0.465 e. The molecule has 0 spiro atoms. The zero-order chi connectivity index (χ0) is 28.2. The van der Waals surface area contributed by atoms with Gasteiger partial charge in [0.2, 0.25) is 0 Å². The first-order valence-electron chi connectivity index (χ1n) is 12.8. The molecule has 0 radical (unpaired) electrons. The van der Waals surface area contributed by atoms with Crippen LogP contribution < -0.4 is 0 Å². The summed E-state index contributed by atoms with van der Waals surface area (Å²) >= 11 is 0. The standard InChI is InChI=1S/C29H37N3O6/c1-27(2,3)37-25(34)31-20-11-10-17(24(33)36-9)14-18(20)15-21(31)23-19-12-13-29(7,8)16-22(19)32(30-23)26(35)38-28(4,5)6/h10-11,14-15H,12-13,16H2,1-9H3. The van der Waals surface area contributed by atoms with Crippen LogP contribution in [0.4, 0.5) is 9.59 Å². The Kier molecular flexibility index (Phi) is 6.70. The number of hydrogen-bond acceptors (Lipinski definition) is 7. The summed E-state index contributed by atoms with van der Waals surface area (Å²) in [5.74, 6) is -0.479. The molecule has 1 aliphatic rings. The van der Waals surface area contributed by atoms with Gasteiger partial charge in [-0.25, -0.2) is 19.0 Å². The summed E-state index contributed by atoms with van der Waals surface area (Å²) in [6.45, 7) is 15.1. The number of nitrogens with zero attached hydrogens (tertiary/aromatic N) is 3. The lowest BCUT2D eigenvalue weighted by Crippen LogP contribution is -2.31. The van der Waals surface area contributed by atoms with Crippen LogP contribution in [-0.4, -0.2) is 50.8 Å². The Morgan fingerprint density at radius 3 is 2.18 bits per heavy atom. The first-order chi connectivity index (χ1) is 17.5. The van der Waals surface area contributed by atoms with Crippen LogP contribution in [0.1, 0.15) is 83.4 Å². The molecule has 0 fully saturated rings. The van der Waals surface area contributed by atoms with E-state index < -0.39 is 29.4 Å². The molecule has 4 rings (SSSR count). The van der Waals surface area contributed by atoms with Gasteiger partial charge in [0.15, 0.2) is 0 Å². The third-order valence-electron chi connectivity index (χ3n) is 6.40. The summed E-state index contributed by atoms with van der Waals surface area (Å²) in [6.07, 6.45) is 1.07. The smallest absolute Gasteiger partial charge is 0.435 e. The van der Waals surface area contributed by atoms with Crippen molar-refractivity contribution in [2.75, 3.05) is 7.11 Å². The van der Waals surface area contributed by atoms with Gasteiger partial charge >= 0.3 is 18.2 Å². The molecule has 0 N–H and O–H groups in total. The van der Waals surface area contributed by atoms with Gasteiger partial charge in [-0.1, -0.05) is 13.8 Å². The fourth-order valence-corrected chi connectivity index (χ4v) is 4.74. The van der Waals surface area contributed by atoms with Gasteiger partial charge in [-0.3, -0.25) is 0 Å². The SMILES string of the molecule is COC(=O)c1ccc2c(c1)cc(-c1nn(C(=O)OC(C)(C)C)c3c1CCC(C)(C)C3)n2C(=O)OC(C)(C)C. The van der Waals surface area contributed by atoms with Crippen LogP contribution in [0, 0.1) is 5.41 Å². The Labute approximate surface area is 223 Å². The molecule has 1 aliphatic carbocycles. The molecule has 0 atom stereocenters. The van der Waals surface area contributed by atoms with E-state index in [4.69, 9.17) is 19.3 Å². The van der Waals surface area contributed by atoms with Crippen LogP contribution in [0.3, 0.4) is 0 Å². The second-order valence-electron chi connectivity index (χ2n) is 12.6. The van der Waals surface area contributed by atoms with Gasteiger partial charge in [0.25, 0.3) is 0 Å². The number of ether oxygens (including phenoxy) is 3. The Morgan fingerprint density at radius 2 is 1.58 bits per heavy atom. The van der Waals surface area contributed by atoms with Crippen molar-refractivity contribution in [1.82, 2.24) is 14.3 Å². The van der Waals surface area contributed by atoms with Crippen molar-refractivity contribution in [1.29, 1.82) is 0 Å². The lowest BCUT2D eigenvalue weighted by molar-refractivity contribution is 0.0503. The Balaban J connectivity index is 1.97. The number of carbonyl (C=O) groups excluding carboxylic acids is 3. The molecule has 2 heterocycles. The molecule has 3 aromatic rings. The van der Waals surface area contributed by atoms with Crippen molar-refractivity contribution >= 4 is 29.1 Å². The molecule has 1 aromatic carbocycles. The second kappa shape index (κ2) is 9.29. The number of benzene rings is 1. The molecular formula is C29H37N3O6. The molecule has 0 aliphatic heterocycles. The zero-order valence-corrected chi connectivity index (χ0v) is 23.7. The van der Waals surface area contributed by atoms with E-state index in [1.807, 2.05) is 20.8 Å². The van der Waals surface area contributed by atoms with Gasteiger partial charge in [0.05, 0.1) is 29.6 Å². The Bertz CT molecular complexity index is 1430. The number of rotatable bonds is 2. The second-order valence-corrected chi connectivity index (χ2v) is 12.6. The number of methoxy groups -OCH3 is 1. The van der Waals surface area contributed by atoms with Crippen LogP contribution >= 0.6 is 0 Å². The van der Waals surface area contributed by atoms with E-state index in [0.717, 1.165) is 17.7 Å². The fourth-order valence-electron chi connectivity index (χ4n) is 4.74. The topological polar surface area (TPSA) is 102 Å². The molecular weight excluding hydrogens is 486 g/mol. The highest BCUT2D eigenvalue weighted by Crippen LogP contribution is 2.41. The summed E-state index contributed by atoms with van der Waals surface area (Å²) in [5, 5.41) is 5.39. The maximum atomic E-state index is 13.5. The molecule has 2 aromatic heterocycles. The van der Waals surface area contributed by atoms with Crippen molar-refractivity contribution in [3.8, 4) is 11.4 Å². The molecule has 0 bridgehead atoms. The third-order valence-corrected chi connectivity index (χ3v) is 6.40. The van der Waals surface area contributed by atoms with Crippen LogP contribution in [0.5, 0.6) is 0 Å². The van der Waals surface area contributed by atoms with E-state index in [1.54, 1.807) is 45.0 Å². The van der Waals surface area contributed by atoms with Gasteiger partial charge in [-0.2, -0.15) is 9.78 Å². The van der Waals surface area contributed by atoms with E-state index in [-0.39, 0.29) is 5.41 Å². The van der Waals surface area contributed by atoms with Crippen molar-refractivity contribution in [2.24, 2.45) is 5.41 Å². The van der Waals surface area contributed by atoms with Crippen LogP contribution in [-0.2, 0) is 27.1 Å². The molecule has 9 heteroatoms. The molecule has 204 valence electrons. The third kappa shape index (κ3) is 5.47. The number of fused-ring (bicyclic) bond motifs is 2. The van der Waals surface area contributed by atoms with Gasteiger partial charge in [0, 0.05) is 10.9 Å². The van der Waals surface area contributed by atoms with Crippen molar-refractivity contribution < 1.29 is 28.6 Å². The molecule has 38 heavy (non-hydrogen) atoms. The summed E-state index contributed by atoms with van der Waals surface area (Å²) in [6, 6.07) is 6.77. The number of hydrogen-bond donors (Lipinski definition) is 0. The minimum absolute atomic E-state index is 0.0304. The number of esters is 1. The number of aromatic nitrogens is 3. The normalized spacial score (nSPS) is 15.2.